The summed E-state index contributed by atoms with van der Waals surface area (Å²) < 4.78 is 0. The molecule has 1 saturated carbocycles. The van der Waals surface area contributed by atoms with Crippen LogP contribution in [-0.2, 0) is 9.59 Å². The van der Waals surface area contributed by atoms with E-state index in [4.69, 9.17) is 0 Å². The third-order valence-electron chi connectivity index (χ3n) is 3.76. The van der Waals surface area contributed by atoms with Crippen LogP contribution in [0.1, 0.15) is 32.1 Å². The maximum atomic E-state index is 11.9. The molecule has 0 aliphatic heterocycles. The van der Waals surface area contributed by atoms with Crippen molar-refractivity contribution < 1.29 is 14.5 Å². The molecule has 22 heavy (non-hydrogen) atoms. The van der Waals surface area contributed by atoms with Gasteiger partial charge in [0.05, 0.1) is 11.5 Å². The molecular formula is C15H19N3O4. The Morgan fingerprint density at radius 3 is 2.36 bits per heavy atom. The number of nitro benzene ring substituents is 1. The van der Waals surface area contributed by atoms with Gasteiger partial charge in [0.25, 0.3) is 5.69 Å². The molecule has 0 spiro atoms. The molecule has 1 aliphatic rings. The first-order valence-corrected chi connectivity index (χ1v) is 7.38. The lowest BCUT2D eigenvalue weighted by atomic mass is 9.89. The number of nitrogens with zero attached hydrogens (tertiary/aromatic N) is 1. The first kappa shape index (κ1) is 15.9. The van der Waals surface area contributed by atoms with Gasteiger partial charge in [0.2, 0.25) is 11.8 Å². The summed E-state index contributed by atoms with van der Waals surface area (Å²) in [7, 11) is 0. The number of hydrogen-bond acceptors (Lipinski definition) is 4. The highest BCUT2D eigenvalue weighted by molar-refractivity contribution is 5.94. The summed E-state index contributed by atoms with van der Waals surface area (Å²) in [5.41, 5.74) is 0.422. The van der Waals surface area contributed by atoms with Crippen LogP contribution < -0.4 is 10.6 Å². The Morgan fingerprint density at radius 1 is 1.14 bits per heavy atom. The van der Waals surface area contributed by atoms with Gasteiger partial charge in [-0.3, -0.25) is 19.7 Å². The van der Waals surface area contributed by atoms with Gasteiger partial charge in [-0.1, -0.05) is 19.3 Å². The van der Waals surface area contributed by atoms with Crippen LogP contribution in [0.3, 0.4) is 0 Å². The molecule has 0 bridgehead atoms. The molecule has 7 heteroatoms. The molecular weight excluding hydrogens is 286 g/mol. The summed E-state index contributed by atoms with van der Waals surface area (Å²) in [5.74, 6) is -0.405. The second kappa shape index (κ2) is 7.53. The fraction of sp³-hybridized carbons (Fsp3) is 0.467. The van der Waals surface area contributed by atoms with E-state index in [-0.39, 0.29) is 30.0 Å². The monoisotopic (exact) mass is 305 g/mol. The molecule has 0 atom stereocenters. The molecule has 0 heterocycles. The Morgan fingerprint density at radius 2 is 1.77 bits per heavy atom. The predicted molar refractivity (Wildman–Crippen MR) is 81.3 cm³/mol. The molecule has 118 valence electrons. The standard InChI is InChI=1S/C15H19N3O4/c19-14(10-16-15(20)11-4-2-1-3-5-11)17-12-6-8-13(9-7-12)18(21)22/h6-9,11H,1-5,10H2,(H,16,20)(H,17,19). The molecule has 7 nitrogen and oxygen atoms in total. The van der Waals surface area contributed by atoms with Crippen LogP contribution in [0.4, 0.5) is 11.4 Å². The summed E-state index contributed by atoms with van der Waals surface area (Å²) in [6.07, 6.45) is 5.07. The van der Waals surface area contributed by atoms with Gasteiger partial charge in [0.1, 0.15) is 0 Å². The summed E-state index contributed by atoms with van der Waals surface area (Å²) in [6, 6.07) is 5.55. The number of rotatable bonds is 5. The van der Waals surface area contributed by atoms with E-state index in [0.717, 1.165) is 25.7 Å². The number of nitro groups is 1. The molecule has 1 aromatic carbocycles. The van der Waals surface area contributed by atoms with Gasteiger partial charge in [-0.15, -0.1) is 0 Å². The summed E-state index contributed by atoms with van der Waals surface area (Å²) in [4.78, 5) is 33.7. The minimum atomic E-state index is -0.504. The SMILES string of the molecule is O=C(CNC(=O)C1CCCCC1)Nc1ccc([N+](=O)[O-])cc1. The molecule has 0 unspecified atom stereocenters. The van der Waals surface area contributed by atoms with Crippen LogP contribution in [0, 0.1) is 16.0 Å². The number of anilines is 1. The third-order valence-corrected chi connectivity index (χ3v) is 3.76. The topological polar surface area (TPSA) is 101 Å². The molecule has 1 aromatic rings. The number of nitrogens with one attached hydrogen (secondary N) is 2. The predicted octanol–water partition coefficient (Wildman–Crippen LogP) is 2.23. The van der Waals surface area contributed by atoms with Crippen molar-refractivity contribution in [2.24, 2.45) is 5.92 Å². The lowest BCUT2D eigenvalue weighted by Crippen LogP contribution is -2.37. The average Bonchev–Trinajstić information content (AvgIpc) is 2.54. The minimum absolute atomic E-state index is 0.0147. The molecule has 0 saturated heterocycles. The highest BCUT2D eigenvalue weighted by Gasteiger charge is 2.21. The highest BCUT2D eigenvalue weighted by atomic mass is 16.6. The zero-order valence-electron chi connectivity index (χ0n) is 12.2. The highest BCUT2D eigenvalue weighted by Crippen LogP contribution is 2.23. The van der Waals surface area contributed by atoms with Crippen molar-refractivity contribution in [2.75, 3.05) is 11.9 Å². The van der Waals surface area contributed by atoms with Gasteiger partial charge in [-0.2, -0.15) is 0 Å². The van der Waals surface area contributed by atoms with Crippen LogP contribution in [0.5, 0.6) is 0 Å². The van der Waals surface area contributed by atoms with Crippen LogP contribution in [0.2, 0.25) is 0 Å². The second-order valence-electron chi connectivity index (χ2n) is 5.40. The number of benzene rings is 1. The van der Waals surface area contributed by atoms with Crippen molar-refractivity contribution in [3.05, 3.63) is 34.4 Å². The summed E-state index contributed by atoms with van der Waals surface area (Å²) >= 11 is 0. The van der Waals surface area contributed by atoms with Gasteiger partial charge in [-0.05, 0) is 25.0 Å². The van der Waals surface area contributed by atoms with E-state index < -0.39 is 4.92 Å². The molecule has 1 fully saturated rings. The van der Waals surface area contributed by atoms with E-state index in [1.807, 2.05) is 0 Å². The first-order chi connectivity index (χ1) is 10.6. The fourth-order valence-electron chi connectivity index (χ4n) is 2.55. The summed E-state index contributed by atoms with van der Waals surface area (Å²) in [6.45, 7) is -0.0910. The van der Waals surface area contributed by atoms with Crippen molar-refractivity contribution in [1.29, 1.82) is 0 Å². The van der Waals surface area contributed by atoms with Crippen LogP contribution in [0.25, 0.3) is 0 Å². The number of amides is 2. The number of non-ortho nitro benzene ring substituents is 1. The maximum absolute atomic E-state index is 11.9. The smallest absolute Gasteiger partial charge is 0.269 e. The second-order valence-corrected chi connectivity index (χ2v) is 5.40. The van der Waals surface area contributed by atoms with Crippen molar-refractivity contribution >= 4 is 23.2 Å². The van der Waals surface area contributed by atoms with Gasteiger partial charge >= 0.3 is 0 Å². The van der Waals surface area contributed by atoms with Crippen LogP contribution >= 0.6 is 0 Å². The van der Waals surface area contributed by atoms with Crippen LogP contribution in [-0.4, -0.2) is 23.3 Å². The zero-order valence-corrected chi connectivity index (χ0v) is 12.2. The first-order valence-electron chi connectivity index (χ1n) is 7.38. The van der Waals surface area contributed by atoms with Crippen molar-refractivity contribution in [3.63, 3.8) is 0 Å². The van der Waals surface area contributed by atoms with E-state index in [1.54, 1.807) is 0 Å². The van der Waals surface area contributed by atoms with Gasteiger partial charge in [0.15, 0.2) is 0 Å². The molecule has 2 rings (SSSR count). The van der Waals surface area contributed by atoms with Gasteiger partial charge in [0, 0.05) is 23.7 Å². The molecule has 2 amide bonds. The maximum Gasteiger partial charge on any atom is 0.269 e. The van der Waals surface area contributed by atoms with Gasteiger partial charge < -0.3 is 10.6 Å². The number of carbonyl (C=O) groups is 2. The van der Waals surface area contributed by atoms with Crippen molar-refractivity contribution in [3.8, 4) is 0 Å². The Balaban J connectivity index is 1.77. The number of carbonyl (C=O) groups excluding carboxylic acids is 2. The van der Waals surface area contributed by atoms with E-state index in [2.05, 4.69) is 10.6 Å². The molecule has 2 N–H and O–H groups in total. The summed E-state index contributed by atoms with van der Waals surface area (Å²) in [5, 5.41) is 15.8. The molecule has 0 radical (unpaired) electrons. The van der Waals surface area contributed by atoms with Gasteiger partial charge in [-0.25, -0.2) is 0 Å². The zero-order chi connectivity index (χ0) is 15.9. The Bertz CT molecular complexity index is 550. The van der Waals surface area contributed by atoms with E-state index in [0.29, 0.717) is 5.69 Å². The molecule has 0 aromatic heterocycles. The Kier molecular flexibility index (Phi) is 5.46. The number of hydrogen-bond donors (Lipinski definition) is 2. The normalized spacial score (nSPS) is 15.1. The van der Waals surface area contributed by atoms with Crippen LogP contribution in [0.15, 0.2) is 24.3 Å². The lowest BCUT2D eigenvalue weighted by molar-refractivity contribution is -0.384. The largest absolute Gasteiger partial charge is 0.347 e. The molecule has 1 aliphatic carbocycles. The fourth-order valence-corrected chi connectivity index (χ4v) is 2.55. The van der Waals surface area contributed by atoms with Crippen molar-refractivity contribution in [2.45, 2.75) is 32.1 Å². The minimum Gasteiger partial charge on any atom is -0.347 e. The average molecular weight is 305 g/mol. The van der Waals surface area contributed by atoms with E-state index in [1.165, 1.54) is 30.7 Å². The van der Waals surface area contributed by atoms with E-state index >= 15 is 0 Å². The third kappa shape index (κ3) is 4.54. The lowest BCUT2D eigenvalue weighted by Gasteiger charge is -2.20. The Labute approximate surface area is 128 Å². The van der Waals surface area contributed by atoms with E-state index in [9.17, 15) is 19.7 Å². The quantitative estimate of drug-likeness (QED) is 0.643. The Hall–Kier alpha value is -2.44. The van der Waals surface area contributed by atoms with Crippen molar-refractivity contribution in [1.82, 2.24) is 5.32 Å².